The first kappa shape index (κ1) is 13.9. The van der Waals surface area contributed by atoms with Crippen molar-refractivity contribution in [3.05, 3.63) is 47.7 Å². The van der Waals surface area contributed by atoms with E-state index in [0.717, 1.165) is 30.5 Å². The molecule has 0 fully saturated rings. The van der Waals surface area contributed by atoms with Crippen molar-refractivity contribution in [1.82, 2.24) is 5.32 Å². The van der Waals surface area contributed by atoms with Crippen molar-refractivity contribution in [2.24, 2.45) is 0 Å². The second kappa shape index (κ2) is 6.10. The van der Waals surface area contributed by atoms with Crippen molar-refractivity contribution in [2.75, 3.05) is 6.54 Å². The summed E-state index contributed by atoms with van der Waals surface area (Å²) in [6.07, 6.45) is 1.54. The number of rotatable bonds is 4. The summed E-state index contributed by atoms with van der Waals surface area (Å²) in [6, 6.07) is 5.21. The number of ether oxygens (including phenoxy) is 1. The van der Waals surface area contributed by atoms with E-state index in [1.165, 1.54) is 12.1 Å². The lowest BCUT2D eigenvalue weighted by Crippen LogP contribution is -2.28. The van der Waals surface area contributed by atoms with E-state index in [0.29, 0.717) is 13.1 Å². The first-order valence-electron chi connectivity index (χ1n) is 6.23. The lowest BCUT2D eigenvalue weighted by atomic mass is 10.1. The van der Waals surface area contributed by atoms with Crippen molar-refractivity contribution in [1.29, 1.82) is 0 Å². The Morgan fingerprint density at radius 2 is 1.95 bits per heavy atom. The molecule has 19 heavy (non-hydrogen) atoms. The predicted octanol–water partition coefficient (Wildman–Crippen LogP) is 3.49. The molecule has 104 valence electrons. The third-order valence-corrected chi connectivity index (χ3v) is 3.00. The van der Waals surface area contributed by atoms with Gasteiger partial charge in [0, 0.05) is 13.1 Å². The molecule has 2 rings (SSSR count). The summed E-state index contributed by atoms with van der Waals surface area (Å²) < 4.78 is 42.5. The van der Waals surface area contributed by atoms with Gasteiger partial charge in [0.15, 0.2) is 0 Å². The highest BCUT2D eigenvalue weighted by Gasteiger charge is 2.29. The van der Waals surface area contributed by atoms with Gasteiger partial charge >= 0.3 is 6.18 Å². The molecule has 5 heteroatoms. The molecular formula is C14H16F3NO. The average Bonchev–Trinajstić information content (AvgIpc) is 2.39. The minimum atomic E-state index is -4.27. The molecule has 0 amide bonds. The maximum absolute atomic E-state index is 12.4. The smallest absolute Gasteiger partial charge is 0.416 e. The summed E-state index contributed by atoms with van der Waals surface area (Å²) in [5.41, 5.74) is 0.219. The Balaban J connectivity index is 1.78. The van der Waals surface area contributed by atoms with Gasteiger partial charge in [-0.25, -0.2) is 0 Å². The fourth-order valence-corrected chi connectivity index (χ4v) is 1.92. The Morgan fingerprint density at radius 3 is 2.53 bits per heavy atom. The van der Waals surface area contributed by atoms with E-state index < -0.39 is 11.7 Å². The second-order valence-corrected chi connectivity index (χ2v) is 4.53. The minimum Gasteiger partial charge on any atom is -0.497 e. The van der Waals surface area contributed by atoms with Crippen LogP contribution in [0.4, 0.5) is 13.2 Å². The Hall–Kier alpha value is -1.49. The summed E-state index contributed by atoms with van der Waals surface area (Å²) in [5, 5.41) is 3.19. The van der Waals surface area contributed by atoms with Crippen molar-refractivity contribution in [3.8, 4) is 0 Å². The molecule has 0 saturated heterocycles. The van der Waals surface area contributed by atoms with Gasteiger partial charge in [0.05, 0.1) is 11.8 Å². The largest absolute Gasteiger partial charge is 0.497 e. The van der Waals surface area contributed by atoms with E-state index >= 15 is 0 Å². The van der Waals surface area contributed by atoms with Crippen LogP contribution < -0.4 is 5.32 Å². The maximum atomic E-state index is 12.4. The zero-order valence-corrected chi connectivity index (χ0v) is 10.4. The monoisotopic (exact) mass is 271 g/mol. The Labute approximate surface area is 110 Å². The molecule has 1 aliphatic heterocycles. The van der Waals surface area contributed by atoms with Crippen LogP contribution in [0.3, 0.4) is 0 Å². The predicted molar refractivity (Wildman–Crippen MR) is 66.4 cm³/mol. The van der Waals surface area contributed by atoms with E-state index in [-0.39, 0.29) is 6.10 Å². The topological polar surface area (TPSA) is 21.3 Å². The van der Waals surface area contributed by atoms with Crippen LogP contribution in [0.1, 0.15) is 24.0 Å². The molecule has 0 bridgehead atoms. The van der Waals surface area contributed by atoms with Gasteiger partial charge in [-0.1, -0.05) is 12.1 Å². The molecule has 0 radical (unpaired) electrons. The van der Waals surface area contributed by atoms with E-state index in [9.17, 15) is 13.2 Å². The molecule has 0 saturated carbocycles. The molecule has 0 spiro atoms. The number of alkyl halides is 3. The normalized spacial score (nSPS) is 19.2. The molecular weight excluding hydrogens is 255 g/mol. The van der Waals surface area contributed by atoms with E-state index in [1.807, 2.05) is 6.08 Å². The summed E-state index contributed by atoms with van der Waals surface area (Å²) in [5.74, 6) is 0. The molecule has 1 atom stereocenters. The zero-order valence-electron chi connectivity index (χ0n) is 10.4. The van der Waals surface area contributed by atoms with Crippen molar-refractivity contribution in [3.63, 3.8) is 0 Å². The highest BCUT2D eigenvalue weighted by atomic mass is 19.4. The SMILES string of the molecule is FC(F)(F)c1ccc(CNCC2CCC=CO2)cc1. The average molecular weight is 271 g/mol. The van der Waals surface area contributed by atoms with Crippen LogP contribution in [-0.2, 0) is 17.5 Å². The summed E-state index contributed by atoms with van der Waals surface area (Å²) in [6.45, 7) is 1.24. The van der Waals surface area contributed by atoms with Gasteiger partial charge in [-0.2, -0.15) is 13.2 Å². The molecule has 1 aliphatic rings. The molecule has 1 unspecified atom stereocenters. The number of benzene rings is 1. The van der Waals surface area contributed by atoms with Crippen LogP contribution in [0.15, 0.2) is 36.6 Å². The van der Waals surface area contributed by atoms with Crippen LogP contribution in [0.5, 0.6) is 0 Å². The highest BCUT2D eigenvalue weighted by Crippen LogP contribution is 2.29. The molecule has 1 heterocycles. The van der Waals surface area contributed by atoms with E-state index in [1.54, 1.807) is 6.26 Å². The number of hydrogen-bond acceptors (Lipinski definition) is 2. The van der Waals surface area contributed by atoms with Crippen LogP contribution >= 0.6 is 0 Å². The molecule has 1 aromatic carbocycles. The van der Waals surface area contributed by atoms with Crippen molar-refractivity contribution >= 4 is 0 Å². The van der Waals surface area contributed by atoms with E-state index in [2.05, 4.69) is 5.32 Å². The Morgan fingerprint density at radius 1 is 1.21 bits per heavy atom. The van der Waals surface area contributed by atoms with Gasteiger partial charge in [0.2, 0.25) is 0 Å². The van der Waals surface area contributed by atoms with Crippen LogP contribution in [-0.4, -0.2) is 12.6 Å². The number of hydrogen-bond donors (Lipinski definition) is 1. The summed E-state index contributed by atoms with van der Waals surface area (Å²) in [7, 11) is 0. The molecule has 0 aromatic heterocycles. The Bertz CT molecular complexity index is 425. The molecule has 1 aromatic rings. The quantitative estimate of drug-likeness (QED) is 0.905. The zero-order chi connectivity index (χ0) is 13.7. The maximum Gasteiger partial charge on any atom is 0.416 e. The fraction of sp³-hybridized carbons (Fsp3) is 0.429. The summed E-state index contributed by atoms with van der Waals surface area (Å²) in [4.78, 5) is 0. The lowest BCUT2D eigenvalue weighted by molar-refractivity contribution is -0.137. The van der Waals surface area contributed by atoms with Crippen LogP contribution in [0.2, 0.25) is 0 Å². The van der Waals surface area contributed by atoms with Gasteiger partial charge < -0.3 is 10.1 Å². The number of nitrogens with one attached hydrogen (secondary N) is 1. The number of allylic oxidation sites excluding steroid dienone is 1. The molecule has 0 aliphatic carbocycles. The lowest BCUT2D eigenvalue weighted by Gasteiger charge is -2.19. The van der Waals surface area contributed by atoms with Gasteiger partial charge in [-0.05, 0) is 36.6 Å². The second-order valence-electron chi connectivity index (χ2n) is 4.53. The fourth-order valence-electron chi connectivity index (χ4n) is 1.92. The van der Waals surface area contributed by atoms with Gasteiger partial charge in [-0.3, -0.25) is 0 Å². The van der Waals surface area contributed by atoms with Gasteiger partial charge in [-0.15, -0.1) is 0 Å². The van der Waals surface area contributed by atoms with Crippen LogP contribution in [0.25, 0.3) is 0 Å². The molecule has 1 N–H and O–H groups in total. The summed E-state index contributed by atoms with van der Waals surface area (Å²) >= 11 is 0. The Kier molecular flexibility index (Phi) is 4.47. The highest BCUT2D eigenvalue weighted by molar-refractivity contribution is 5.24. The third-order valence-electron chi connectivity index (χ3n) is 3.00. The van der Waals surface area contributed by atoms with E-state index in [4.69, 9.17) is 4.74 Å². The standard InChI is InChI=1S/C14H16F3NO/c15-14(16,17)12-6-4-11(5-7-12)9-18-10-13-3-1-2-8-19-13/h2,4-8,13,18H,1,3,9-10H2. The minimum absolute atomic E-state index is 0.152. The first-order valence-corrected chi connectivity index (χ1v) is 6.23. The van der Waals surface area contributed by atoms with Crippen LogP contribution in [0, 0.1) is 0 Å². The number of halogens is 3. The van der Waals surface area contributed by atoms with Gasteiger partial charge in [0.1, 0.15) is 6.10 Å². The third kappa shape index (κ3) is 4.28. The van der Waals surface area contributed by atoms with Gasteiger partial charge in [0.25, 0.3) is 0 Å². The van der Waals surface area contributed by atoms with Crippen molar-refractivity contribution in [2.45, 2.75) is 31.7 Å². The van der Waals surface area contributed by atoms with Crippen molar-refractivity contribution < 1.29 is 17.9 Å². The molecule has 2 nitrogen and oxygen atoms in total. The first-order chi connectivity index (χ1) is 9.05.